The van der Waals surface area contributed by atoms with Gasteiger partial charge in [0.1, 0.15) is 5.75 Å². The van der Waals surface area contributed by atoms with Gasteiger partial charge in [0, 0.05) is 16.3 Å². The van der Waals surface area contributed by atoms with Gasteiger partial charge >= 0.3 is 0 Å². The van der Waals surface area contributed by atoms with Crippen LogP contribution in [0.2, 0.25) is 0 Å². The molecule has 0 aliphatic heterocycles. The molecule has 0 saturated carbocycles. The number of hydrogen-bond acceptors (Lipinski definition) is 2. The molecule has 2 nitrogen and oxygen atoms in total. The second-order valence-corrected chi connectivity index (χ2v) is 6.45. The molecule has 0 aliphatic carbocycles. The summed E-state index contributed by atoms with van der Waals surface area (Å²) in [6.07, 6.45) is 0. The van der Waals surface area contributed by atoms with Crippen LogP contribution in [0.4, 0.5) is 0 Å². The van der Waals surface area contributed by atoms with Crippen LogP contribution in [0, 0.1) is 0 Å². The van der Waals surface area contributed by atoms with Gasteiger partial charge in [-0.15, -0.1) is 12.4 Å². The van der Waals surface area contributed by atoms with Crippen LogP contribution in [0.5, 0.6) is 5.75 Å². The van der Waals surface area contributed by atoms with Gasteiger partial charge in [-0.05, 0) is 46.7 Å². The van der Waals surface area contributed by atoms with Crippen molar-refractivity contribution < 1.29 is 4.74 Å². The van der Waals surface area contributed by atoms with E-state index in [9.17, 15) is 0 Å². The smallest absolute Gasteiger partial charge is 0.119 e. The molecule has 1 aromatic heterocycles. The first-order valence-corrected chi connectivity index (χ1v) is 8.69. The normalized spacial score (nSPS) is 10.9. The van der Waals surface area contributed by atoms with E-state index in [1.54, 1.807) is 7.11 Å². The lowest BCUT2D eigenvalue weighted by molar-refractivity contribution is 0.415. The fraction of sp³-hybridized carbons (Fsp3) is 0.0417. The van der Waals surface area contributed by atoms with Crippen molar-refractivity contribution in [1.29, 1.82) is 0 Å². The molecule has 0 amide bonds. The lowest BCUT2D eigenvalue weighted by Gasteiger charge is -2.13. The topological polar surface area (TPSA) is 22.1 Å². The van der Waals surface area contributed by atoms with Crippen LogP contribution >= 0.6 is 12.4 Å². The molecule has 0 spiro atoms. The SMILES string of the molecule is COc1ccc2cc3nc4ccccc4c(-c4ccccc4)c3cc2c1.Cl. The summed E-state index contributed by atoms with van der Waals surface area (Å²) in [6.45, 7) is 0. The van der Waals surface area contributed by atoms with E-state index in [1.165, 1.54) is 21.9 Å². The van der Waals surface area contributed by atoms with Crippen LogP contribution in [-0.4, -0.2) is 12.1 Å². The van der Waals surface area contributed by atoms with Crippen LogP contribution < -0.4 is 4.74 Å². The fourth-order valence-corrected chi connectivity index (χ4v) is 3.66. The van der Waals surface area contributed by atoms with Gasteiger partial charge in [0.2, 0.25) is 0 Å². The lowest BCUT2D eigenvalue weighted by Crippen LogP contribution is -1.90. The van der Waals surface area contributed by atoms with Crippen molar-refractivity contribution in [2.24, 2.45) is 0 Å². The average molecular weight is 372 g/mol. The third-order valence-electron chi connectivity index (χ3n) is 4.91. The Kier molecular flexibility index (Phi) is 4.43. The van der Waals surface area contributed by atoms with Crippen molar-refractivity contribution in [2.45, 2.75) is 0 Å². The highest BCUT2D eigenvalue weighted by Crippen LogP contribution is 2.37. The molecule has 0 saturated heterocycles. The third-order valence-corrected chi connectivity index (χ3v) is 4.91. The molecular weight excluding hydrogens is 354 g/mol. The number of benzene rings is 4. The van der Waals surface area contributed by atoms with Gasteiger partial charge in [0.15, 0.2) is 0 Å². The zero-order chi connectivity index (χ0) is 17.5. The molecule has 0 fully saturated rings. The predicted molar refractivity (Wildman–Crippen MR) is 116 cm³/mol. The fourth-order valence-electron chi connectivity index (χ4n) is 3.66. The molecule has 132 valence electrons. The second kappa shape index (κ2) is 6.90. The first kappa shape index (κ1) is 17.3. The number of para-hydroxylation sites is 1. The van der Waals surface area contributed by atoms with E-state index in [1.807, 2.05) is 12.1 Å². The Balaban J connectivity index is 0.00000180. The maximum absolute atomic E-state index is 5.40. The van der Waals surface area contributed by atoms with E-state index >= 15 is 0 Å². The van der Waals surface area contributed by atoms with Gasteiger partial charge < -0.3 is 4.74 Å². The van der Waals surface area contributed by atoms with Gasteiger partial charge in [-0.1, -0.05) is 54.6 Å². The number of ether oxygens (including phenoxy) is 1. The Hall–Kier alpha value is -3.10. The summed E-state index contributed by atoms with van der Waals surface area (Å²) >= 11 is 0. The molecule has 5 aromatic rings. The van der Waals surface area contributed by atoms with Crippen molar-refractivity contribution in [3.8, 4) is 16.9 Å². The average Bonchev–Trinajstić information content (AvgIpc) is 2.70. The summed E-state index contributed by atoms with van der Waals surface area (Å²) in [6, 6.07) is 29.5. The van der Waals surface area contributed by atoms with Crippen molar-refractivity contribution >= 4 is 45.0 Å². The highest BCUT2D eigenvalue weighted by Gasteiger charge is 2.12. The van der Waals surface area contributed by atoms with E-state index < -0.39 is 0 Å². The number of pyridine rings is 1. The third kappa shape index (κ3) is 2.88. The number of methoxy groups -OCH3 is 1. The Labute approximate surface area is 163 Å². The van der Waals surface area contributed by atoms with E-state index in [2.05, 4.69) is 72.8 Å². The molecule has 0 atom stereocenters. The molecule has 0 aliphatic rings. The number of aromatic nitrogens is 1. The molecular formula is C24H18ClNO. The molecule has 27 heavy (non-hydrogen) atoms. The highest BCUT2D eigenvalue weighted by atomic mass is 35.5. The molecule has 4 aromatic carbocycles. The Morgan fingerprint density at radius 3 is 2.26 bits per heavy atom. The van der Waals surface area contributed by atoms with Crippen molar-refractivity contribution in [3.05, 3.63) is 84.9 Å². The van der Waals surface area contributed by atoms with Gasteiger partial charge in [-0.25, -0.2) is 4.98 Å². The van der Waals surface area contributed by atoms with E-state index in [0.717, 1.165) is 27.6 Å². The monoisotopic (exact) mass is 371 g/mol. The Morgan fingerprint density at radius 1 is 0.667 bits per heavy atom. The minimum Gasteiger partial charge on any atom is -0.497 e. The maximum atomic E-state index is 5.40. The number of hydrogen-bond donors (Lipinski definition) is 0. The summed E-state index contributed by atoms with van der Waals surface area (Å²) in [5.41, 5.74) is 4.47. The van der Waals surface area contributed by atoms with Crippen LogP contribution in [0.15, 0.2) is 84.9 Å². The number of nitrogens with zero attached hydrogens (tertiary/aromatic N) is 1. The number of fused-ring (bicyclic) bond motifs is 3. The van der Waals surface area contributed by atoms with E-state index in [-0.39, 0.29) is 12.4 Å². The lowest BCUT2D eigenvalue weighted by atomic mass is 9.94. The highest BCUT2D eigenvalue weighted by molar-refractivity contribution is 6.12. The van der Waals surface area contributed by atoms with Gasteiger partial charge in [0.25, 0.3) is 0 Å². The van der Waals surface area contributed by atoms with Crippen LogP contribution in [-0.2, 0) is 0 Å². The zero-order valence-corrected chi connectivity index (χ0v) is 15.7. The Bertz CT molecular complexity index is 1270. The van der Waals surface area contributed by atoms with Gasteiger partial charge in [-0.2, -0.15) is 0 Å². The molecule has 3 heteroatoms. The van der Waals surface area contributed by atoms with Crippen LogP contribution in [0.1, 0.15) is 0 Å². The van der Waals surface area contributed by atoms with E-state index in [4.69, 9.17) is 9.72 Å². The summed E-state index contributed by atoms with van der Waals surface area (Å²) in [7, 11) is 1.70. The molecule has 1 heterocycles. The van der Waals surface area contributed by atoms with Crippen LogP contribution in [0.3, 0.4) is 0 Å². The molecule has 0 radical (unpaired) electrons. The molecule has 5 rings (SSSR count). The summed E-state index contributed by atoms with van der Waals surface area (Å²) in [5.74, 6) is 0.867. The summed E-state index contributed by atoms with van der Waals surface area (Å²) in [4.78, 5) is 4.93. The molecule has 0 bridgehead atoms. The van der Waals surface area contributed by atoms with Crippen molar-refractivity contribution in [3.63, 3.8) is 0 Å². The summed E-state index contributed by atoms with van der Waals surface area (Å²) < 4.78 is 5.40. The quantitative estimate of drug-likeness (QED) is 0.324. The molecule has 0 unspecified atom stereocenters. The van der Waals surface area contributed by atoms with Crippen molar-refractivity contribution in [2.75, 3.05) is 7.11 Å². The zero-order valence-electron chi connectivity index (χ0n) is 14.8. The number of halogens is 1. The minimum atomic E-state index is 0. The minimum absolute atomic E-state index is 0. The Morgan fingerprint density at radius 2 is 1.44 bits per heavy atom. The largest absolute Gasteiger partial charge is 0.497 e. The van der Waals surface area contributed by atoms with Gasteiger partial charge in [0.05, 0.1) is 18.1 Å². The van der Waals surface area contributed by atoms with Crippen LogP contribution in [0.25, 0.3) is 43.7 Å². The first-order valence-electron chi connectivity index (χ1n) is 8.69. The van der Waals surface area contributed by atoms with Crippen molar-refractivity contribution in [1.82, 2.24) is 4.98 Å². The van der Waals surface area contributed by atoms with E-state index in [0.29, 0.717) is 0 Å². The first-order chi connectivity index (χ1) is 12.8. The van der Waals surface area contributed by atoms with Gasteiger partial charge in [-0.3, -0.25) is 0 Å². The summed E-state index contributed by atoms with van der Waals surface area (Å²) in [5, 5.41) is 4.66. The second-order valence-electron chi connectivity index (χ2n) is 6.45. The number of rotatable bonds is 2. The molecule has 0 N–H and O–H groups in total. The standard InChI is InChI=1S/C24H17NO.ClH/c1-26-19-12-11-17-15-23-21(14-18(17)13-19)24(16-7-3-2-4-8-16)20-9-5-6-10-22(20)25-23;/h2-15H,1H3;1H. The maximum Gasteiger partial charge on any atom is 0.119 e. The predicted octanol–water partition coefficient (Wildman–Crippen LogP) is 6.64.